The average molecular weight is 189 g/mol. The Morgan fingerprint density at radius 2 is 1.71 bits per heavy atom. The molecule has 3 heteroatoms. The molecular weight excluding hydrogens is 181 g/mol. The van der Waals surface area contributed by atoms with Gasteiger partial charge in [0.1, 0.15) is 11.6 Å². The maximum absolute atomic E-state index is 12.6. The summed E-state index contributed by atoms with van der Waals surface area (Å²) in [4.78, 5) is 3.92. The van der Waals surface area contributed by atoms with Crippen LogP contribution in [-0.2, 0) is 0 Å². The smallest absolute Gasteiger partial charge is 0.141 e. The molecule has 0 aliphatic rings. The first kappa shape index (κ1) is 8.69. The minimum atomic E-state index is -0.354. The predicted molar refractivity (Wildman–Crippen MR) is 51.3 cm³/mol. The average Bonchev–Trinajstić information content (AvgIpc) is 2.21. The number of nitrogens with zero attached hydrogens (tertiary/aromatic N) is 1. The molecule has 0 saturated heterocycles. The molecule has 1 N–H and O–H groups in total. The second-order valence-corrected chi connectivity index (χ2v) is 2.91. The number of hydrogen-bond acceptors (Lipinski definition) is 2. The maximum Gasteiger partial charge on any atom is 0.141 e. The quantitative estimate of drug-likeness (QED) is 0.747. The summed E-state index contributed by atoms with van der Waals surface area (Å²) in [6.07, 6.45) is 1.17. The van der Waals surface area contributed by atoms with Crippen molar-refractivity contribution in [1.29, 1.82) is 0 Å². The molecule has 0 bridgehead atoms. The van der Waals surface area contributed by atoms with Crippen molar-refractivity contribution in [3.8, 4) is 17.0 Å². The van der Waals surface area contributed by atoms with Crippen molar-refractivity contribution >= 4 is 0 Å². The summed E-state index contributed by atoms with van der Waals surface area (Å²) < 4.78 is 12.6. The van der Waals surface area contributed by atoms with Crippen LogP contribution < -0.4 is 0 Å². The molecule has 14 heavy (non-hydrogen) atoms. The number of pyridine rings is 1. The molecule has 1 aromatic carbocycles. The van der Waals surface area contributed by atoms with E-state index in [1.807, 2.05) is 0 Å². The van der Waals surface area contributed by atoms with E-state index in [9.17, 15) is 4.39 Å². The highest BCUT2D eigenvalue weighted by Crippen LogP contribution is 2.19. The van der Waals surface area contributed by atoms with Crippen molar-refractivity contribution in [2.75, 3.05) is 0 Å². The van der Waals surface area contributed by atoms with Gasteiger partial charge in [0.05, 0.1) is 11.9 Å². The Bertz CT molecular complexity index is 379. The predicted octanol–water partition coefficient (Wildman–Crippen LogP) is 2.59. The summed E-state index contributed by atoms with van der Waals surface area (Å²) >= 11 is 0. The highest BCUT2D eigenvalue weighted by atomic mass is 19.1. The standard InChI is InChI=1S/C11H8FNO/c12-9-3-6-11(13-7-9)8-1-4-10(14)5-2-8/h1-7,14H. The van der Waals surface area contributed by atoms with E-state index >= 15 is 0 Å². The third-order valence-electron chi connectivity index (χ3n) is 1.89. The van der Waals surface area contributed by atoms with E-state index in [1.165, 1.54) is 12.3 Å². The van der Waals surface area contributed by atoms with Crippen molar-refractivity contribution < 1.29 is 9.50 Å². The van der Waals surface area contributed by atoms with Gasteiger partial charge in [0, 0.05) is 5.56 Å². The molecule has 2 rings (SSSR count). The number of phenolic OH excluding ortho intramolecular Hbond substituents is 1. The minimum Gasteiger partial charge on any atom is -0.508 e. The molecule has 0 radical (unpaired) electrons. The summed E-state index contributed by atoms with van der Waals surface area (Å²) in [6.45, 7) is 0. The topological polar surface area (TPSA) is 33.1 Å². The van der Waals surface area contributed by atoms with E-state index in [2.05, 4.69) is 4.98 Å². The Hall–Kier alpha value is -1.90. The van der Waals surface area contributed by atoms with Crippen LogP contribution in [0.25, 0.3) is 11.3 Å². The van der Waals surface area contributed by atoms with Crippen molar-refractivity contribution in [3.05, 3.63) is 48.4 Å². The summed E-state index contributed by atoms with van der Waals surface area (Å²) in [5, 5.41) is 9.07. The van der Waals surface area contributed by atoms with Crippen LogP contribution in [0.5, 0.6) is 5.75 Å². The summed E-state index contributed by atoms with van der Waals surface area (Å²) in [5.74, 6) is -0.150. The molecule has 2 aromatic rings. The number of benzene rings is 1. The molecule has 70 valence electrons. The summed E-state index contributed by atoms with van der Waals surface area (Å²) in [6, 6.07) is 9.56. The third kappa shape index (κ3) is 1.71. The van der Waals surface area contributed by atoms with Gasteiger partial charge >= 0.3 is 0 Å². The Balaban J connectivity index is 2.40. The lowest BCUT2D eigenvalue weighted by Gasteiger charge is -1.99. The van der Waals surface area contributed by atoms with Gasteiger partial charge in [-0.3, -0.25) is 4.98 Å². The van der Waals surface area contributed by atoms with E-state index in [4.69, 9.17) is 5.11 Å². The van der Waals surface area contributed by atoms with Crippen LogP contribution in [0.4, 0.5) is 4.39 Å². The molecule has 0 fully saturated rings. The van der Waals surface area contributed by atoms with E-state index in [0.29, 0.717) is 5.69 Å². The molecule has 1 heterocycles. The number of aromatic nitrogens is 1. The Morgan fingerprint density at radius 3 is 2.29 bits per heavy atom. The van der Waals surface area contributed by atoms with Crippen molar-refractivity contribution in [1.82, 2.24) is 4.98 Å². The van der Waals surface area contributed by atoms with E-state index in [1.54, 1.807) is 30.3 Å². The van der Waals surface area contributed by atoms with Gasteiger partial charge < -0.3 is 5.11 Å². The highest BCUT2D eigenvalue weighted by Gasteiger charge is 1.98. The number of rotatable bonds is 1. The van der Waals surface area contributed by atoms with E-state index in [0.717, 1.165) is 5.56 Å². The van der Waals surface area contributed by atoms with Gasteiger partial charge in [0.25, 0.3) is 0 Å². The number of phenols is 1. The molecule has 0 atom stereocenters. The van der Waals surface area contributed by atoms with Crippen LogP contribution in [0.15, 0.2) is 42.6 Å². The van der Waals surface area contributed by atoms with Gasteiger partial charge in [0.2, 0.25) is 0 Å². The first-order chi connectivity index (χ1) is 6.75. The Labute approximate surface area is 80.7 Å². The molecule has 0 amide bonds. The number of aromatic hydroxyl groups is 1. The zero-order valence-corrected chi connectivity index (χ0v) is 7.31. The van der Waals surface area contributed by atoms with Crippen LogP contribution in [0.3, 0.4) is 0 Å². The van der Waals surface area contributed by atoms with Crippen LogP contribution in [0.2, 0.25) is 0 Å². The lowest BCUT2D eigenvalue weighted by molar-refractivity contribution is 0.475. The molecule has 2 nitrogen and oxygen atoms in total. The fraction of sp³-hybridized carbons (Fsp3) is 0. The first-order valence-electron chi connectivity index (χ1n) is 4.17. The van der Waals surface area contributed by atoms with Gasteiger partial charge in [-0.2, -0.15) is 0 Å². The van der Waals surface area contributed by atoms with Crippen LogP contribution in [0, 0.1) is 5.82 Å². The zero-order valence-electron chi connectivity index (χ0n) is 7.31. The van der Waals surface area contributed by atoms with Gasteiger partial charge in [0.15, 0.2) is 0 Å². The second-order valence-electron chi connectivity index (χ2n) is 2.91. The zero-order chi connectivity index (χ0) is 9.97. The molecule has 0 aliphatic heterocycles. The molecule has 0 aliphatic carbocycles. The molecule has 0 unspecified atom stereocenters. The number of hydrogen-bond donors (Lipinski definition) is 1. The summed E-state index contributed by atoms with van der Waals surface area (Å²) in [5.41, 5.74) is 1.54. The van der Waals surface area contributed by atoms with Gasteiger partial charge in [-0.05, 0) is 36.4 Å². The lowest BCUT2D eigenvalue weighted by atomic mass is 10.1. The summed E-state index contributed by atoms with van der Waals surface area (Å²) in [7, 11) is 0. The highest BCUT2D eigenvalue weighted by molar-refractivity contribution is 5.59. The van der Waals surface area contributed by atoms with Gasteiger partial charge in [-0.25, -0.2) is 4.39 Å². The lowest BCUT2D eigenvalue weighted by Crippen LogP contribution is -1.83. The molecule has 0 spiro atoms. The van der Waals surface area contributed by atoms with Crippen LogP contribution in [0.1, 0.15) is 0 Å². The molecule has 1 aromatic heterocycles. The van der Waals surface area contributed by atoms with Gasteiger partial charge in [-0.1, -0.05) is 0 Å². The van der Waals surface area contributed by atoms with Crippen molar-refractivity contribution in [2.45, 2.75) is 0 Å². The normalized spacial score (nSPS) is 10.1. The van der Waals surface area contributed by atoms with Crippen molar-refractivity contribution in [2.24, 2.45) is 0 Å². The molecule has 0 saturated carbocycles. The van der Waals surface area contributed by atoms with E-state index < -0.39 is 0 Å². The fourth-order valence-electron chi connectivity index (χ4n) is 1.18. The van der Waals surface area contributed by atoms with Gasteiger partial charge in [-0.15, -0.1) is 0 Å². The monoisotopic (exact) mass is 189 g/mol. The largest absolute Gasteiger partial charge is 0.508 e. The Kier molecular flexibility index (Phi) is 2.14. The molecular formula is C11H8FNO. The SMILES string of the molecule is Oc1ccc(-c2ccc(F)cn2)cc1. The number of halogens is 1. The second kappa shape index (κ2) is 3.46. The van der Waals surface area contributed by atoms with Crippen molar-refractivity contribution in [3.63, 3.8) is 0 Å². The van der Waals surface area contributed by atoms with Crippen LogP contribution in [-0.4, -0.2) is 10.1 Å². The maximum atomic E-state index is 12.6. The van der Waals surface area contributed by atoms with Crippen LogP contribution >= 0.6 is 0 Å². The fourth-order valence-corrected chi connectivity index (χ4v) is 1.18. The third-order valence-corrected chi connectivity index (χ3v) is 1.89. The van der Waals surface area contributed by atoms with E-state index in [-0.39, 0.29) is 11.6 Å². The first-order valence-corrected chi connectivity index (χ1v) is 4.17. The Morgan fingerprint density at radius 1 is 1.00 bits per heavy atom. The minimum absolute atomic E-state index is 0.205.